The third kappa shape index (κ3) is 3.32. The normalized spacial score (nSPS) is 10.7. The molecule has 0 unspecified atom stereocenters. The van der Waals surface area contributed by atoms with Gasteiger partial charge in [0.05, 0.1) is 16.7 Å². The third-order valence-corrected chi connectivity index (χ3v) is 4.16. The molecule has 0 atom stereocenters. The molecule has 0 radical (unpaired) electrons. The van der Waals surface area contributed by atoms with Crippen molar-refractivity contribution in [1.82, 2.24) is 14.9 Å². The number of carbonyl (C=O) groups is 1. The molecular weight excluding hydrogens is 356 g/mol. The van der Waals surface area contributed by atoms with Crippen molar-refractivity contribution < 1.29 is 9.53 Å². The summed E-state index contributed by atoms with van der Waals surface area (Å²) < 4.78 is 5.89. The highest BCUT2D eigenvalue weighted by Gasteiger charge is 2.19. The SMILES string of the molecule is CN(C(=N)N)C(=O)c1cc2c(Cl)ccc(Oc3cncc(CN)c3)c2[nH]1. The minimum Gasteiger partial charge on any atom is -0.454 e. The number of ether oxygens (including phenoxy) is 1. The number of fused-ring (bicyclic) bond motifs is 1. The summed E-state index contributed by atoms with van der Waals surface area (Å²) >= 11 is 6.24. The molecule has 3 rings (SSSR count). The lowest BCUT2D eigenvalue weighted by Crippen LogP contribution is -2.38. The monoisotopic (exact) mass is 372 g/mol. The number of hydrogen-bond donors (Lipinski definition) is 4. The van der Waals surface area contributed by atoms with Crippen molar-refractivity contribution in [2.75, 3.05) is 7.05 Å². The number of rotatable bonds is 4. The number of nitrogens with zero attached hydrogens (tertiary/aromatic N) is 2. The van der Waals surface area contributed by atoms with Gasteiger partial charge in [-0.15, -0.1) is 0 Å². The zero-order valence-corrected chi connectivity index (χ0v) is 14.7. The molecule has 0 spiro atoms. The number of aromatic nitrogens is 2. The predicted molar refractivity (Wildman–Crippen MR) is 99.5 cm³/mol. The Balaban J connectivity index is 2.02. The van der Waals surface area contributed by atoms with Crippen LogP contribution in [0, 0.1) is 5.41 Å². The van der Waals surface area contributed by atoms with Gasteiger partial charge in [0.25, 0.3) is 5.91 Å². The summed E-state index contributed by atoms with van der Waals surface area (Å²) in [6, 6.07) is 6.75. The Labute approximate surface area is 154 Å². The lowest BCUT2D eigenvalue weighted by atomic mass is 10.2. The highest BCUT2D eigenvalue weighted by atomic mass is 35.5. The fraction of sp³-hybridized carbons (Fsp3) is 0.118. The van der Waals surface area contributed by atoms with Crippen LogP contribution >= 0.6 is 11.6 Å². The number of benzene rings is 1. The van der Waals surface area contributed by atoms with Crippen LogP contribution in [0.25, 0.3) is 10.9 Å². The van der Waals surface area contributed by atoms with Gasteiger partial charge in [-0.1, -0.05) is 11.6 Å². The van der Waals surface area contributed by atoms with E-state index in [0.29, 0.717) is 34.0 Å². The smallest absolute Gasteiger partial charge is 0.276 e. The Bertz CT molecular complexity index is 1000. The standard InChI is InChI=1S/C17H17ClN6O2/c1-24(17(20)21)16(25)13-5-11-12(18)2-3-14(15(11)23-13)26-10-4-9(6-19)7-22-8-10/h2-5,7-8,23H,6,19H2,1H3,(H3,20,21). The molecule has 0 bridgehead atoms. The van der Waals surface area contributed by atoms with E-state index in [-0.39, 0.29) is 11.7 Å². The van der Waals surface area contributed by atoms with E-state index in [1.807, 2.05) is 0 Å². The summed E-state index contributed by atoms with van der Waals surface area (Å²) in [6.07, 6.45) is 3.23. The van der Waals surface area contributed by atoms with Gasteiger partial charge in [0.15, 0.2) is 11.7 Å². The molecule has 0 saturated heterocycles. The molecule has 2 heterocycles. The summed E-state index contributed by atoms with van der Waals surface area (Å²) in [4.78, 5) is 20.5. The molecule has 6 N–H and O–H groups in total. The Hall–Kier alpha value is -3.10. The average molecular weight is 373 g/mol. The lowest BCUT2D eigenvalue weighted by Gasteiger charge is -2.12. The topological polar surface area (TPSA) is 134 Å². The van der Waals surface area contributed by atoms with Crippen molar-refractivity contribution in [2.24, 2.45) is 11.5 Å². The van der Waals surface area contributed by atoms with E-state index in [1.165, 1.54) is 7.05 Å². The average Bonchev–Trinajstić information content (AvgIpc) is 3.09. The highest BCUT2D eigenvalue weighted by molar-refractivity contribution is 6.35. The first-order chi connectivity index (χ1) is 12.4. The Morgan fingerprint density at radius 3 is 2.85 bits per heavy atom. The van der Waals surface area contributed by atoms with Gasteiger partial charge in [-0.2, -0.15) is 0 Å². The number of guanidine groups is 1. The van der Waals surface area contributed by atoms with Crippen molar-refractivity contribution in [3.05, 3.63) is 52.9 Å². The minimum absolute atomic E-state index is 0.240. The zero-order valence-electron chi connectivity index (χ0n) is 13.9. The van der Waals surface area contributed by atoms with Gasteiger partial charge in [-0.3, -0.25) is 20.1 Å². The van der Waals surface area contributed by atoms with E-state index < -0.39 is 5.91 Å². The predicted octanol–water partition coefficient (Wildman–Crippen LogP) is 2.43. The van der Waals surface area contributed by atoms with Crippen LogP contribution in [0.1, 0.15) is 16.1 Å². The summed E-state index contributed by atoms with van der Waals surface area (Å²) in [7, 11) is 1.42. The molecule has 0 saturated carbocycles. The van der Waals surface area contributed by atoms with E-state index in [0.717, 1.165) is 10.5 Å². The van der Waals surface area contributed by atoms with E-state index in [2.05, 4.69) is 9.97 Å². The number of amides is 1. The minimum atomic E-state index is -0.456. The Kier molecular flexibility index (Phi) is 4.79. The van der Waals surface area contributed by atoms with Gasteiger partial charge < -0.3 is 21.2 Å². The molecule has 3 aromatic rings. The Morgan fingerprint density at radius 2 is 2.15 bits per heavy atom. The molecule has 1 aromatic carbocycles. The summed E-state index contributed by atoms with van der Waals surface area (Å²) in [6.45, 7) is 0.346. The van der Waals surface area contributed by atoms with Crippen LogP contribution in [0.15, 0.2) is 36.7 Å². The first-order valence-electron chi connectivity index (χ1n) is 7.66. The molecule has 134 valence electrons. The maximum Gasteiger partial charge on any atom is 0.276 e. The van der Waals surface area contributed by atoms with Crippen LogP contribution in [0.3, 0.4) is 0 Å². The largest absolute Gasteiger partial charge is 0.454 e. The van der Waals surface area contributed by atoms with E-state index in [4.69, 9.17) is 33.2 Å². The fourth-order valence-electron chi connectivity index (χ4n) is 2.41. The molecule has 0 fully saturated rings. The molecule has 8 nitrogen and oxygen atoms in total. The second kappa shape index (κ2) is 7.03. The Morgan fingerprint density at radius 1 is 1.38 bits per heavy atom. The first kappa shape index (κ1) is 17.7. The van der Waals surface area contributed by atoms with Gasteiger partial charge in [0.1, 0.15) is 11.4 Å². The zero-order chi connectivity index (χ0) is 18.8. The third-order valence-electron chi connectivity index (χ3n) is 3.83. The first-order valence-corrected chi connectivity index (χ1v) is 8.03. The van der Waals surface area contributed by atoms with Crippen molar-refractivity contribution in [1.29, 1.82) is 5.41 Å². The summed E-state index contributed by atoms with van der Waals surface area (Å²) in [5.41, 5.74) is 12.6. The van der Waals surface area contributed by atoms with Crippen molar-refractivity contribution in [3.8, 4) is 11.5 Å². The van der Waals surface area contributed by atoms with Crippen LogP contribution in [-0.2, 0) is 6.54 Å². The second-order valence-corrected chi connectivity index (χ2v) is 6.01. The molecule has 9 heteroatoms. The van der Waals surface area contributed by atoms with Crippen LogP contribution in [0.2, 0.25) is 5.02 Å². The van der Waals surface area contributed by atoms with Crippen molar-refractivity contribution >= 4 is 34.4 Å². The maximum atomic E-state index is 12.4. The van der Waals surface area contributed by atoms with E-state index >= 15 is 0 Å². The molecule has 0 aliphatic heterocycles. The number of pyridine rings is 1. The maximum absolute atomic E-state index is 12.4. The lowest BCUT2D eigenvalue weighted by molar-refractivity contribution is 0.0864. The molecule has 1 amide bonds. The van der Waals surface area contributed by atoms with Gasteiger partial charge in [0, 0.05) is 25.2 Å². The second-order valence-electron chi connectivity index (χ2n) is 5.60. The van der Waals surface area contributed by atoms with E-state index in [9.17, 15) is 4.79 Å². The van der Waals surface area contributed by atoms with Gasteiger partial charge in [-0.25, -0.2) is 0 Å². The molecule has 2 aromatic heterocycles. The van der Waals surface area contributed by atoms with Crippen molar-refractivity contribution in [2.45, 2.75) is 6.54 Å². The van der Waals surface area contributed by atoms with Crippen LogP contribution in [-0.4, -0.2) is 33.8 Å². The van der Waals surface area contributed by atoms with Gasteiger partial charge >= 0.3 is 0 Å². The van der Waals surface area contributed by atoms with Gasteiger partial charge in [0.2, 0.25) is 0 Å². The summed E-state index contributed by atoms with van der Waals surface area (Å²) in [5.74, 6) is 0.174. The number of halogens is 1. The van der Waals surface area contributed by atoms with Crippen LogP contribution in [0.4, 0.5) is 0 Å². The number of carbonyl (C=O) groups excluding carboxylic acids is 1. The number of H-pyrrole nitrogens is 1. The number of nitrogens with two attached hydrogens (primary N) is 2. The van der Waals surface area contributed by atoms with Crippen LogP contribution in [0.5, 0.6) is 11.5 Å². The number of nitrogens with one attached hydrogen (secondary N) is 2. The van der Waals surface area contributed by atoms with Crippen LogP contribution < -0.4 is 16.2 Å². The molecule has 0 aliphatic carbocycles. The number of aromatic amines is 1. The molecule has 26 heavy (non-hydrogen) atoms. The number of hydrogen-bond acceptors (Lipinski definition) is 5. The van der Waals surface area contributed by atoms with E-state index in [1.54, 1.807) is 36.7 Å². The summed E-state index contributed by atoms with van der Waals surface area (Å²) in [5, 5.41) is 8.47. The molecular formula is C17H17ClN6O2. The quantitative estimate of drug-likeness (QED) is 0.412. The fourth-order valence-corrected chi connectivity index (χ4v) is 2.62. The van der Waals surface area contributed by atoms with Crippen molar-refractivity contribution in [3.63, 3.8) is 0 Å². The van der Waals surface area contributed by atoms with Gasteiger partial charge in [-0.05, 0) is 29.8 Å². The highest BCUT2D eigenvalue weighted by Crippen LogP contribution is 2.34. The molecule has 0 aliphatic rings.